The van der Waals surface area contributed by atoms with E-state index in [1.807, 2.05) is 0 Å². The molecular weight excluding hydrogens is 397 g/mol. The van der Waals surface area contributed by atoms with E-state index in [1.54, 1.807) is 42.5 Å². The Hall–Kier alpha value is -3.19. The number of aryl methyl sites for hydroxylation is 1. The molecule has 3 rings (SSSR count). The predicted molar refractivity (Wildman–Crippen MR) is 108 cm³/mol. The molecule has 0 aliphatic carbocycles. The zero-order valence-electron chi connectivity index (χ0n) is 15.5. The van der Waals surface area contributed by atoms with Crippen LogP contribution in [0.15, 0.2) is 65.5 Å². The van der Waals surface area contributed by atoms with Crippen molar-refractivity contribution in [2.24, 2.45) is 0 Å². The van der Waals surface area contributed by atoms with Crippen molar-refractivity contribution < 1.29 is 13.9 Å². The molecule has 0 radical (unpaired) electrons. The zero-order valence-corrected chi connectivity index (χ0v) is 16.2. The number of halogens is 2. The highest BCUT2D eigenvalue weighted by atomic mass is 35.5. The highest BCUT2D eigenvalue weighted by Gasteiger charge is 2.06. The van der Waals surface area contributed by atoms with Crippen molar-refractivity contribution in [3.05, 3.63) is 81.9 Å². The summed E-state index contributed by atoms with van der Waals surface area (Å²) >= 11 is 5.86. The lowest BCUT2D eigenvalue weighted by molar-refractivity contribution is -0.123. The first-order valence-electron chi connectivity index (χ1n) is 9.00. The number of amides is 1. The molecule has 2 aromatic carbocycles. The van der Waals surface area contributed by atoms with Crippen LogP contribution in [0.25, 0.3) is 11.3 Å². The number of rotatable bonds is 8. The van der Waals surface area contributed by atoms with Gasteiger partial charge in [-0.15, -0.1) is 0 Å². The SMILES string of the molecule is O=C(COc1cccc(Cl)c1)NCCCn1nc(-c2ccc(F)cc2)ccc1=O. The molecule has 0 aliphatic rings. The smallest absolute Gasteiger partial charge is 0.266 e. The van der Waals surface area contributed by atoms with Gasteiger partial charge in [0.2, 0.25) is 0 Å². The Balaban J connectivity index is 1.47. The molecule has 0 saturated carbocycles. The van der Waals surface area contributed by atoms with Gasteiger partial charge in [-0.05, 0) is 55.0 Å². The lowest BCUT2D eigenvalue weighted by Gasteiger charge is -2.09. The Morgan fingerprint density at radius 1 is 1.14 bits per heavy atom. The molecule has 29 heavy (non-hydrogen) atoms. The maximum Gasteiger partial charge on any atom is 0.266 e. The van der Waals surface area contributed by atoms with Crippen molar-refractivity contribution >= 4 is 17.5 Å². The maximum absolute atomic E-state index is 13.1. The van der Waals surface area contributed by atoms with Gasteiger partial charge in [0.05, 0.1) is 5.69 Å². The Labute approximate surface area is 171 Å². The summed E-state index contributed by atoms with van der Waals surface area (Å²) in [5, 5.41) is 7.56. The number of hydrogen-bond acceptors (Lipinski definition) is 4. The quantitative estimate of drug-likeness (QED) is 0.573. The van der Waals surface area contributed by atoms with E-state index in [2.05, 4.69) is 10.4 Å². The topological polar surface area (TPSA) is 73.2 Å². The van der Waals surface area contributed by atoms with Crippen molar-refractivity contribution in [2.45, 2.75) is 13.0 Å². The Bertz CT molecular complexity index is 1040. The van der Waals surface area contributed by atoms with Crippen molar-refractivity contribution in [1.82, 2.24) is 15.1 Å². The van der Waals surface area contributed by atoms with Crippen molar-refractivity contribution in [3.63, 3.8) is 0 Å². The number of benzene rings is 2. The molecular formula is C21H19ClFN3O3. The largest absolute Gasteiger partial charge is 0.484 e. The number of carbonyl (C=O) groups excluding carboxylic acids is 1. The highest BCUT2D eigenvalue weighted by Crippen LogP contribution is 2.17. The minimum Gasteiger partial charge on any atom is -0.484 e. The minimum atomic E-state index is -0.336. The van der Waals surface area contributed by atoms with E-state index in [0.717, 1.165) is 0 Å². The maximum atomic E-state index is 13.1. The third kappa shape index (κ3) is 6.15. The van der Waals surface area contributed by atoms with E-state index in [1.165, 1.54) is 22.9 Å². The average molecular weight is 416 g/mol. The molecule has 1 heterocycles. The molecule has 6 nitrogen and oxygen atoms in total. The number of carbonyl (C=O) groups is 1. The molecule has 8 heteroatoms. The number of ether oxygens (including phenoxy) is 1. The van der Waals surface area contributed by atoms with Gasteiger partial charge >= 0.3 is 0 Å². The van der Waals surface area contributed by atoms with Crippen LogP contribution in [0.4, 0.5) is 4.39 Å². The molecule has 150 valence electrons. The third-order valence-corrected chi connectivity index (χ3v) is 4.28. The molecule has 0 saturated heterocycles. The molecule has 1 N–H and O–H groups in total. The van der Waals surface area contributed by atoms with E-state index in [0.29, 0.717) is 41.5 Å². The van der Waals surface area contributed by atoms with E-state index in [9.17, 15) is 14.0 Å². The molecule has 1 aromatic heterocycles. The van der Waals surface area contributed by atoms with Gasteiger partial charge in [-0.1, -0.05) is 17.7 Å². The fourth-order valence-electron chi connectivity index (χ4n) is 2.60. The normalized spacial score (nSPS) is 10.6. The van der Waals surface area contributed by atoms with Crippen LogP contribution in [-0.4, -0.2) is 28.8 Å². The van der Waals surface area contributed by atoms with E-state index >= 15 is 0 Å². The van der Waals surface area contributed by atoms with E-state index in [4.69, 9.17) is 16.3 Å². The fraction of sp³-hybridized carbons (Fsp3) is 0.190. The summed E-state index contributed by atoms with van der Waals surface area (Å²) in [6, 6.07) is 15.7. The molecule has 0 unspecified atom stereocenters. The van der Waals surface area contributed by atoms with Gasteiger partial charge < -0.3 is 10.1 Å². The summed E-state index contributed by atoms with van der Waals surface area (Å²) in [7, 11) is 0. The molecule has 0 aliphatic heterocycles. The predicted octanol–water partition coefficient (Wildman–Crippen LogP) is 3.29. The second-order valence-electron chi connectivity index (χ2n) is 6.24. The van der Waals surface area contributed by atoms with Crippen LogP contribution in [0.3, 0.4) is 0 Å². The van der Waals surface area contributed by atoms with E-state index in [-0.39, 0.29) is 23.9 Å². The van der Waals surface area contributed by atoms with Gasteiger partial charge in [0.15, 0.2) is 6.61 Å². The third-order valence-electron chi connectivity index (χ3n) is 4.04. The van der Waals surface area contributed by atoms with Gasteiger partial charge in [0.1, 0.15) is 11.6 Å². The summed E-state index contributed by atoms with van der Waals surface area (Å²) in [4.78, 5) is 23.9. The second-order valence-corrected chi connectivity index (χ2v) is 6.67. The number of nitrogens with zero attached hydrogens (tertiary/aromatic N) is 2. The Morgan fingerprint density at radius 2 is 1.93 bits per heavy atom. The zero-order chi connectivity index (χ0) is 20.6. The number of aromatic nitrogens is 2. The summed E-state index contributed by atoms with van der Waals surface area (Å²) in [6.07, 6.45) is 0.517. The summed E-state index contributed by atoms with van der Waals surface area (Å²) < 4.78 is 19.8. The van der Waals surface area contributed by atoms with Crippen LogP contribution < -0.4 is 15.6 Å². The molecule has 3 aromatic rings. The van der Waals surface area contributed by atoms with Gasteiger partial charge in [0.25, 0.3) is 11.5 Å². The first-order chi connectivity index (χ1) is 14.0. The van der Waals surface area contributed by atoms with Crippen molar-refractivity contribution in [1.29, 1.82) is 0 Å². The van der Waals surface area contributed by atoms with Crippen LogP contribution in [0.5, 0.6) is 5.75 Å². The van der Waals surface area contributed by atoms with Crippen LogP contribution >= 0.6 is 11.6 Å². The second kappa shape index (κ2) is 9.84. The lowest BCUT2D eigenvalue weighted by Crippen LogP contribution is -2.31. The van der Waals surface area contributed by atoms with Crippen molar-refractivity contribution in [2.75, 3.05) is 13.2 Å². The Morgan fingerprint density at radius 3 is 2.69 bits per heavy atom. The van der Waals surface area contributed by atoms with Gasteiger partial charge in [-0.25, -0.2) is 9.07 Å². The standard InChI is InChI=1S/C21H19ClFN3O3/c22-16-3-1-4-18(13-16)29-14-20(27)24-11-2-12-26-21(28)10-9-19(25-26)15-5-7-17(23)8-6-15/h1,3-10,13H,2,11-12,14H2,(H,24,27). The molecule has 0 fully saturated rings. The minimum absolute atomic E-state index is 0.126. The molecule has 0 bridgehead atoms. The average Bonchev–Trinajstić information content (AvgIpc) is 2.71. The van der Waals surface area contributed by atoms with Crippen LogP contribution in [0.1, 0.15) is 6.42 Å². The van der Waals surface area contributed by atoms with Crippen LogP contribution in [0.2, 0.25) is 5.02 Å². The molecule has 1 amide bonds. The van der Waals surface area contributed by atoms with Crippen LogP contribution in [-0.2, 0) is 11.3 Å². The summed E-state index contributed by atoms with van der Waals surface area (Å²) in [6.45, 7) is 0.578. The van der Waals surface area contributed by atoms with Crippen molar-refractivity contribution in [3.8, 4) is 17.0 Å². The number of hydrogen-bond donors (Lipinski definition) is 1. The van der Waals surface area contributed by atoms with Gasteiger partial charge in [-0.2, -0.15) is 5.10 Å². The van der Waals surface area contributed by atoms with E-state index < -0.39 is 0 Å². The van der Waals surface area contributed by atoms with Crippen LogP contribution in [0, 0.1) is 5.82 Å². The summed E-state index contributed by atoms with van der Waals surface area (Å²) in [5.74, 6) is -0.0940. The molecule has 0 atom stereocenters. The van der Waals surface area contributed by atoms with Gasteiger partial charge in [-0.3, -0.25) is 9.59 Å². The summed E-state index contributed by atoms with van der Waals surface area (Å²) in [5.41, 5.74) is 1.04. The molecule has 0 spiro atoms. The van der Waals surface area contributed by atoms with Gasteiger partial charge in [0, 0.05) is 29.7 Å². The first-order valence-corrected chi connectivity index (χ1v) is 9.38. The number of nitrogens with one attached hydrogen (secondary N) is 1. The lowest BCUT2D eigenvalue weighted by atomic mass is 10.1. The highest BCUT2D eigenvalue weighted by molar-refractivity contribution is 6.30. The first kappa shape index (κ1) is 20.5. The Kier molecular flexibility index (Phi) is 6.97. The fourth-order valence-corrected chi connectivity index (χ4v) is 2.78. The monoisotopic (exact) mass is 415 g/mol.